The van der Waals surface area contributed by atoms with Crippen molar-refractivity contribution in [2.24, 2.45) is 0 Å². The molecular weight excluding hydrogens is 449 g/mol. The number of methoxy groups -OCH3 is 1. The molecule has 0 radical (unpaired) electrons. The number of likely N-dealkylation sites (tertiary alicyclic amines) is 1. The van der Waals surface area contributed by atoms with Crippen LogP contribution in [0.2, 0.25) is 0 Å². The van der Waals surface area contributed by atoms with Gasteiger partial charge in [-0.2, -0.15) is 13.2 Å². The van der Waals surface area contributed by atoms with Crippen LogP contribution in [0, 0.1) is 0 Å². The predicted octanol–water partition coefficient (Wildman–Crippen LogP) is 4.36. The molecule has 1 saturated heterocycles. The molecule has 2 aromatic rings. The largest absolute Gasteiger partial charge is 0.489 e. The van der Waals surface area contributed by atoms with Gasteiger partial charge in [0.1, 0.15) is 17.4 Å². The summed E-state index contributed by atoms with van der Waals surface area (Å²) in [7, 11) is 1.32. The maximum Gasteiger partial charge on any atom is 0.416 e. The average molecular weight is 476 g/mol. The summed E-state index contributed by atoms with van der Waals surface area (Å²) >= 11 is 0. The van der Waals surface area contributed by atoms with Crippen LogP contribution in [0.3, 0.4) is 0 Å². The van der Waals surface area contributed by atoms with Gasteiger partial charge in [0.15, 0.2) is 0 Å². The Morgan fingerprint density at radius 1 is 1.15 bits per heavy atom. The highest BCUT2D eigenvalue weighted by atomic mass is 19.4. The third-order valence-electron chi connectivity index (χ3n) is 6.54. The zero-order valence-corrected chi connectivity index (χ0v) is 19.0. The lowest BCUT2D eigenvalue weighted by Gasteiger charge is -2.28. The first kappa shape index (κ1) is 24.1. The minimum Gasteiger partial charge on any atom is -0.489 e. The molecule has 1 heterocycles. The van der Waals surface area contributed by atoms with E-state index in [1.165, 1.54) is 19.2 Å². The zero-order valence-electron chi connectivity index (χ0n) is 19.0. The fourth-order valence-electron chi connectivity index (χ4n) is 4.40. The molecule has 34 heavy (non-hydrogen) atoms. The van der Waals surface area contributed by atoms with E-state index in [0.29, 0.717) is 25.1 Å². The first-order chi connectivity index (χ1) is 16.1. The lowest BCUT2D eigenvalue weighted by Crippen LogP contribution is -2.49. The average Bonchev–Trinajstić information content (AvgIpc) is 3.51. The van der Waals surface area contributed by atoms with Crippen molar-refractivity contribution < 1.29 is 32.2 Å². The summed E-state index contributed by atoms with van der Waals surface area (Å²) in [5.41, 5.74) is -0.0469. The van der Waals surface area contributed by atoms with E-state index in [1.54, 1.807) is 24.3 Å². The molecule has 2 aliphatic rings. The van der Waals surface area contributed by atoms with Crippen molar-refractivity contribution in [1.29, 1.82) is 0 Å². The Bertz CT molecular complexity index is 1050. The number of esters is 1. The summed E-state index contributed by atoms with van der Waals surface area (Å²) in [6, 6.07) is 11.5. The highest BCUT2D eigenvalue weighted by Gasteiger charge is 2.56. The van der Waals surface area contributed by atoms with Crippen molar-refractivity contribution >= 4 is 11.9 Å². The summed E-state index contributed by atoms with van der Waals surface area (Å²) < 4.78 is 49.4. The number of alkyl halides is 3. The number of halogens is 3. The van der Waals surface area contributed by atoms with E-state index in [1.807, 2.05) is 6.92 Å². The summed E-state index contributed by atoms with van der Waals surface area (Å²) in [5, 5.41) is 3.06. The van der Waals surface area contributed by atoms with E-state index < -0.39 is 23.2 Å². The Morgan fingerprint density at radius 2 is 1.85 bits per heavy atom. The number of amides is 1. The molecule has 6 nitrogen and oxygen atoms in total. The van der Waals surface area contributed by atoms with Gasteiger partial charge in [-0.1, -0.05) is 18.2 Å². The van der Waals surface area contributed by atoms with Crippen molar-refractivity contribution in [2.75, 3.05) is 20.2 Å². The molecule has 182 valence electrons. The number of carbonyl (C=O) groups is 2. The van der Waals surface area contributed by atoms with Crippen molar-refractivity contribution in [2.45, 2.75) is 50.0 Å². The number of nitrogens with one attached hydrogen (secondary N) is 1. The van der Waals surface area contributed by atoms with E-state index in [2.05, 4.69) is 10.2 Å². The molecule has 9 heteroatoms. The predicted molar refractivity (Wildman–Crippen MR) is 118 cm³/mol. The van der Waals surface area contributed by atoms with Gasteiger partial charge in [0.25, 0.3) is 0 Å². The Hall–Kier alpha value is -3.07. The van der Waals surface area contributed by atoms with E-state index in [9.17, 15) is 22.8 Å². The Labute approximate surface area is 196 Å². The number of carbonyl (C=O) groups excluding carboxylic acids is 2. The maximum absolute atomic E-state index is 13.1. The first-order valence-electron chi connectivity index (χ1n) is 11.2. The summed E-state index contributed by atoms with van der Waals surface area (Å²) in [6.45, 7) is 3.00. The quantitative estimate of drug-likeness (QED) is 0.602. The van der Waals surface area contributed by atoms with Crippen LogP contribution in [0.1, 0.15) is 53.7 Å². The van der Waals surface area contributed by atoms with E-state index >= 15 is 0 Å². The van der Waals surface area contributed by atoms with E-state index in [4.69, 9.17) is 9.47 Å². The second-order valence-corrected chi connectivity index (χ2v) is 8.84. The topological polar surface area (TPSA) is 67.9 Å². The molecule has 2 atom stereocenters. The van der Waals surface area contributed by atoms with Gasteiger partial charge in [0, 0.05) is 13.1 Å². The highest BCUT2D eigenvalue weighted by molar-refractivity contribution is 5.90. The van der Waals surface area contributed by atoms with Crippen LogP contribution >= 0.6 is 0 Å². The van der Waals surface area contributed by atoms with Gasteiger partial charge >= 0.3 is 12.1 Å². The van der Waals surface area contributed by atoms with Crippen molar-refractivity contribution in [3.63, 3.8) is 0 Å². The smallest absolute Gasteiger partial charge is 0.416 e. The van der Waals surface area contributed by atoms with Crippen molar-refractivity contribution in [3.8, 4) is 5.75 Å². The minimum atomic E-state index is -4.42. The maximum atomic E-state index is 13.1. The lowest BCUT2D eigenvalue weighted by atomic mass is 10.1. The van der Waals surface area contributed by atoms with Crippen LogP contribution < -0.4 is 10.1 Å². The summed E-state index contributed by atoms with van der Waals surface area (Å²) in [5.74, 6) is -0.312. The molecule has 0 bridgehead atoms. The normalized spacial score (nSPS) is 20.4. The molecule has 0 unspecified atom stereocenters. The molecule has 0 spiro atoms. The van der Waals surface area contributed by atoms with Gasteiger partial charge in [-0.05, 0) is 62.1 Å². The third kappa shape index (κ3) is 5.04. The van der Waals surface area contributed by atoms with Crippen LogP contribution in [-0.4, -0.2) is 48.6 Å². The molecule has 2 aromatic carbocycles. The Kier molecular flexibility index (Phi) is 6.58. The second kappa shape index (κ2) is 9.29. The van der Waals surface area contributed by atoms with Crippen molar-refractivity contribution in [3.05, 3.63) is 65.2 Å². The first-order valence-corrected chi connectivity index (χ1v) is 11.2. The number of nitrogens with zero attached hydrogens (tertiary/aromatic N) is 1. The molecule has 4 rings (SSSR count). The van der Waals surface area contributed by atoms with Crippen LogP contribution in [-0.2, 0) is 15.7 Å². The third-order valence-corrected chi connectivity index (χ3v) is 6.54. The molecule has 1 aliphatic heterocycles. The van der Waals surface area contributed by atoms with Crippen LogP contribution in [0.15, 0.2) is 48.5 Å². The molecule has 1 aliphatic carbocycles. The van der Waals surface area contributed by atoms with Gasteiger partial charge in [0.2, 0.25) is 5.91 Å². The number of ether oxygens (including phenoxy) is 2. The summed E-state index contributed by atoms with van der Waals surface area (Å²) in [4.78, 5) is 26.8. The number of hydrogen-bond donors (Lipinski definition) is 1. The van der Waals surface area contributed by atoms with Gasteiger partial charge in [-0.3, -0.25) is 9.69 Å². The van der Waals surface area contributed by atoms with Gasteiger partial charge in [-0.15, -0.1) is 0 Å². The van der Waals surface area contributed by atoms with Crippen molar-refractivity contribution in [1.82, 2.24) is 10.2 Å². The van der Waals surface area contributed by atoms with Gasteiger partial charge < -0.3 is 14.8 Å². The number of benzene rings is 2. The second-order valence-electron chi connectivity index (χ2n) is 8.84. The lowest BCUT2D eigenvalue weighted by molar-refractivity contribution is -0.137. The minimum absolute atomic E-state index is 0.0724. The molecule has 1 saturated carbocycles. The Balaban J connectivity index is 1.35. The van der Waals surface area contributed by atoms with E-state index in [0.717, 1.165) is 30.5 Å². The SMILES string of the molecule is COC(=O)c1ccc([C@H](C)NC(=O)C2(N3CC[C@@H](Oc4cccc(C(F)(F)F)c4)C3)CC2)cc1. The molecule has 2 fully saturated rings. The number of hydrogen-bond acceptors (Lipinski definition) is 5. The molecule has 0 aromatic heterocycles. The van der Waals surface area contributed by atoms with Gasteiger partial charge in [0.05, 0.1) is 24.3 Å². The monoisotopic (exact) mass is 476 g/mol. The Morgan fingerprint density at radius 3 is 2.47 bits per heavy atom. The number of rotatable bonds is 7. The van der Waals surface area contributed by atoms with E-state index in [-0.39, 0.29) is 23.8 Å². The summed E-state index contributed by atoms with van der Waals surface area (Å²) in [6.07, 6.45) is -2.62. The van der Waals surface area contributed by atoms with Crippen LogP contribution in [0.5, 0.6) is 5.75 Å². The zero-order chi connectivity index (χ0) is 24.5. The standard InChI is InChI=1S/C25H27F3N2O4/c1-16(17-6-8-18(9-7-17)22(31)33-2)29-23(32)24(11-12-24)30-13-10-21(15-30)34-20-5-3-4-19(14-20)25(26,27)28/h3-9,14,16,21H,10-13,15H2,1-2H3,(H,29,32)/t16-,21+/m0/s1. The van der Waals surface area contributed by atoms with Crippen LogP contribution in [0.4, 0.5) is 13.2 Å². The van der Waals surface area contributed by atoms with Crippen LogP contribution in [0.25, 0.3) is 0 Å². The fourth-order valence-corrected chi connectivity index (χ4v) is 4.40. The molecular formula is C25H27F3N2O4. The molecule has 1 N–H and O–H groups in total. The molecule has 1 amide bonds. The van der Waals surface area contributed by atoms with Gasteiger partial charge in [-0.25, -0.2) is 4.79 Å². The fraction of sp³-hybridized carbons (Fsp3) is 0.440. The highest BCUT2D eigenvalue weighted by Crippen LogP contribution is 2.44.